The number of nitrogens with one attached hydrogen (secondary N) is 1. The lowest BCUT2D eigenvalue weighted by molar-refractivity contribution is -0.153. The molecular weight excluding hydrogens is 354 g/mol. The molecule has 0 aromatic heterocycles. The van der Waals surface area contributed by atoms with Crippen molar-refractivity contribution in [1.82, 2.24) is 0 Å². The predicted octanol–water partition coefficient (Wildman–Crippen LogP) is 4.89. The molecule has 0 saturated carbocycles. The van der Waals surface area contributed by atoms with Crippen molar-refractivity contribution >= 4 is 39.2 Å². The van der Waals surface area contributed by atoms with E-state index in [0.29, 0.717) is 6.42 Å². The zero-order valence-corrected chi connectivity index (χ0v) is 16.8. The van der Waals surface area contributed by atoms with Gasteiger partial charge in [-0.15, -0.1) is 0 Å². The zero-order valence-electron chi connectivity index (χ0n) is 15.2. The van der Waals surface area contributed by atoms with E-state index < -0.39 is 6.10 Å². The quantitative estimate of drug-likeness (QED) is 0.395. The molecule has 1 aromatic carbocycles. The highest BCUT2D eigenvalue weighted by Crippen LogP contribution is 2.39. The van der Waals surface area contributed by atoms with Crippen LogP contribution in [0.2, 0.25) is 0 Å². The number of benzene rings is 1. The molecule has 0 aliphatic carbocycles. The van der Waals surface area contributed by atoms with Gasteiger partial charge in [-0.25, -0.2) is 0 Å². The van der Waals surface area contributed by atoms with Gasteiger partial charge in [0.05, 0.1) is 0 Å². The van der Waals surface area contributed by atoms with Crippen LogP contribution in [-0.2, 0) is 14.3 Å². The van der Waals surface area contributed by atoms with Gasteiger partial charge in [0.15, 0.2) is 6.10 Å². The number of amides is 1. The summed E-state index contributed by atoms with van der Waals surface area (Å²) in [6.07, 6.45) is 3.90. The first-order valence-electron chi connectivity index (χ1n) is 8.81. The molecule has 1 amide bonds. The minimum absolute atomic E-state index is 0.292. The second-order valence-electron chi connectivity index (χ2n) is 6.51. The molecule has 1 saturated heterocycles. The number of hydrogen-bond donors (Lipinski definition) is 1. The summed E-state index contributed by atoms with van der Waals surface area (Å²) in [6.45, 7) is 5.57. The Balaban J connectivity index is 1.67. The van der Waals surface area contributed by atoms with Crippen LogP contribution in [0, 0.1) is 13.8 Å². The van der Waals surface area contributed by atoms with Crippen molar-refractivity contribution in [3.05, 3.63) is 29.3 Å². The normalized spacial score (nSPS) is 18.0. The first-order valence-corrected chi connectivity index (χ1v) is 11.2. The van der Waals surface area contributed by atoms with E-state index in [-0.39, 0.29) is 11.9 Å². The molecule has 1 aliphatic heterocycles. The molecule has 138 valence electrons. The van der Waals surface area contributed by atoms with Gasteiger partial charge in [0.25, 0.3) is 5.91 Å². The highest BCUT2D eigenvalue weighted by Gasteiger charge is 2.19. The van der Waals surface area contributed by atoms with Crippen LogP contribution >= 0.6 is 21.6 Å². The van der Waals surface area contributed by atoms with E-state index in [9.17, 15) is 9.59 Å². The Morgan fingerprint density at radius 3 is 2.80 bits per heavy atom. The highest BCUT2D eigenvalue weighted by atomic mass is 33.1. The molecule has 4 nitrogen and oxygen atoms in total. The summed E-state index contributed by atoms with van der Waals surface area (Å²) in [7, 11) is 3.91. The highest BCUT2D eigenvalue weighted by molar-refractivity contribution is 8.77. The van der Waals surface area contributed by atoms with Gasteiger partial charge in [-0.2, -0.15) is 0 Å². The fraction of sp³-hybridized carbons (Fsp3) is 0.579. The number of unbranched alkanes of at least 4 members (excludes halogenated alkanes) is 1. The number of anilines is 1. The summed E-state index contributed by atoms with van der Waals surface area (Å²) in [5.74, 6) is 0.654. The van der Waals surface area contributed by atoms with E-state index in [1.807, 2.05) is 53.6 Å². The van der Waals surface area contributed by atoms with Crippen molar-refractivity contribution in [2.24, 2.45) is 0 Å². The third-order valence-electron chi connectivity index (χ3n) is 4.20. The second kappa shape index (κ2) is 10.1. The Hall–Kier alpha value is -1.14. The number of aryl methyl sites for hydroxylation is 2. The maximum absolute atomic E-state index is 12.2. The fourth-order valence-corrected chi connectivity index (χ4v) is 5.73. The molecule has 0 radical (unpaired) electrons. The van der Waals surface area contributed by atoms with Gasteiger partial charge in [-0.1, -0.05) is 45.7 Å². The van der Waals surface area contributed by atoms with E-state index in [1.54, 1.807) is 6.92 Å². The summed E-state index contributed by atoms with van der Waals surface area (Å²) in [4.78, 5) is 24.1. The minimum atomic E-state index is -0.782. The standard InChI is InChI=1S/C19H27NO3S2/c1-13-8-9-17(14(2)12-13)20-19(22)15(3)23-18(21)7-5-4-6-16-10-11-24-25-16/h8-9,12,15-16H,4-7,10-11H2,1-3H3,(H,20,22)/t15-,16-/m1/s1. The van der Waals surface area contributed by atoms with Crippen LogP contribution in [0.5, 0.6) is 0 Å². The second-order valence-corrected chi connectivity index (χ2v) is 9.30. The van der Waals surface area contributed by atoms with Crippen molar-refractivity contribution in [3.63, 3.8) is 0 Å². The Labute approximate surface area is 158 Å². The molecule has 1 N–H and O–H groups in total. The average Bonchev–Trinajstić information content (AvgIpc) is 3.07. The van der Waals surface area contributed by atoms with E-state index in [4.69, 9.17) is 4.74 Å². The molecule has 1 fully saturated rings. The van der Waals surface area contributed by atoms with E-state index in [0.717, 1.165) is 41.3 Å². The van der Waals surface area contributed by atoms with Gasteiger partial charge in [-0.3, -0.25) is 9.59 Å². The van der Waals surface area contributed by atoms with Crippen molar-refractivity contribution in [2.75, 3.05) is 11.1 Å². The molecule has 2 atom stereocenters. The van der Waals surface area contributed by atoms with Crippen molar-refractivity contribution in [2.45, 2.75) is 64.2 Å². The topological polar surface area (TPSA) is 55.4 Å². The van der Waals surface area contributed by atoms with Crippen LogP contribution in [0.3, 0.4) is 0 Å². The lowest BCUT2D eigenvalue weighted by Gasteiger charge is -2.15. The summed E-state index contributed by atoms with van der Waals surface area (Å²) in [5, 5.41) is 3.56. The number of carbonyl (C=O) groups excluding carboxylic acids is 2. The van der Waals surface area contributed by atoms with Gasteiger partial charge < -0.3 is 10.1 Å². The first-order chi connectivity index (χ1) is 12.0. The predicted molar refractivity (Wildman–Crippen MR) is 107 cm³/mol. The Bertz CT molecular complexity index is 600. The van der Waals surface area contributed by atoms with Crippen molar-refractivity contribution in [1.29, 1.82) is 0 Å². The van der Waals surface area contributed by atoms with Gasteiger partial charge >= 0.3 is 5.97 Å². The van der Waals surface area contributed by atoms with Crippen LogP contribution in [0.25, 0.3) is 0 Å². The molecule has 0 spiro atoms. The van der Waals surface area contributed by atoms with Crippen LogP contribution in [-0.4, -0.2) is 29.0 Å². The minimum Gasteiger partial charge on any atom is -0.453 e. The van der Waals surface area contributed by atoms with Gasteiger partial charge in [0.1, 0.15) is 0 Å². The number of hydrogen-bond acceptors (Lipinski definition) is 5. The first kappa shape index (κ1) is 20.2. The molecule has 1 heterocycles. The van der Waals surface area contributed by atoms with E-state index in [2.05, 4.69) is 5.32 Å². The van der Waals surface area contributed by atoms with Crippen molar-refractivity contribution < 1.29 is 14.3 Å². The molecular formula is C19H27NO3S2. The fourth-order valence-electron chi connectivity index (χ4n) is 2.70. The summed E-state index contributed by atoms with van der Waals surface area (Å²) >= 11 is 0. The molecule has 2 rings (SSSR count). The molecule has 0 unspecified atom stereocenters. The Morgan fingerprint density at radius 1 is 1.32 bits per heavy atom. The number of rotatable bonds is 8. The smallest absolute Gasteiger partial charge is 0.306 e. The average molecular weight is 382 g/mol. The number of esters is 1. The van der Waals surface area contributed by atoms with Gasteiger partial charge in [0.2, 0.25) is 0 Å². The van der Waals surface area contributed by atoms with Crippen molar-refractivity contribution in [3.8, 4) is 0 Å². The number of carbonyl (C=O) groups is 2. The Kier molecular flexibility index (Phi) is 8.16. The van der Waals surface area contributed by atoms with Crippen LogP contribution < -0.4 is 5.32 Å². The molecule has 0 bridgehead atoms. The lowest BCUT2D eigenvalue weighted by atomic mass is 10.1. The van der Waals surface area contributed by atoms with Crippen LogP contribution in [0.15, 0.2) is 18.2 Å². The zero-order chi connectivity index (χ0) is 18.2. The SMILES string of the molecule is Cc1ccc(NC(=O)[C@@H](C)OC(=O)CCCC[C@@H]2CCSS2)c(C)c1. The van der Waals surface area contributed by atoms with Gasteiger partial charge in [-0.05, 0) is 51.7 Å². The number of ether oxygens (including phenoxy) is 1. The monoisotopic (exact) mass is 381 g/mol. The van der Waals surface area contributed by atoms with E-state index >= 15 is 0 Å². The largest absolute Gasteiger partial charge is 0.453 e. The van der Waals surface area contributed by atoms with Crippen LogP contribution in [0.1, 0.15) is 50.2 Å². The maximum atomic E-state index is 12.2. The third kappa shape index (κ3) is 6.94. The maximum Gasteiger partial charge on any atom is 0.306 e. The lowest BCUT2D eigenvalue weighted by Crippen LogP contribution is -2.30. The summed E-state index contributed by atoms with van der Waals surface area (Å²) < 4.78 is 5.26. The summed E-state index contributed by atoms with van der Waals surface area (Å²) in [6, 6.07) is 5.82. The summed E-state index contributed by atoms with van der Waals surface area (Å²) in [5.41, 5.74) is 2.89. The Morgan fingerprint density at radius 2 is 2.12 bits per heavy atom. The molecule has 1 aliphatic rings. The van der Waals surface area contributed by atoms with Gasteiger partial charge in [0, 0.05) is 23.1 Å². The van der Waals surface area contributed by atoms with E-state index in [1.165, 1.54) is 12.2 Å². The molecule has 25 heavy (non-hydrogen) atoms. The molecule has 1 aromatic rings. The van der Waals surface area contributed by atoms with Crippen LogP contribution in [0.4, 0.5) is 5.69 Å². The molecule has 6 heteroatoms. The third-order valence-corrected chi connectivity index (χ3v) is 7.21.